The number of carbonyl (C=O) groups excluding carboxylic acids is 2. The lowest BCUT2D eigenvalue weighted by molar-refractivity contribution is -0.124. The molecule has 5 rings (SSSR count). The van der Waals surface area contributed by atoms with Crippen LogP contribution in [0.2, 0.25) is 0 Å². The fourth-order valence-electron chi connectivity index (χ4n) is 4.05. The van der Waals surface area contributed by atoms with Crippen molar-refractivity contribution in [1.82, 2.24) is 24.8 Å². The van der Waals surface area contributed by atoms with Crippen LogP contribution in [0.4, 0.5) is 9.18 Å². The predicted octanol–water partition coefficient (Wildman–Crippen LogP) is 2.62. The van der Waals surface area contributed by atoms with Gasteiger partial charge in [0.2, 0.25) is 0 Å². The molecule has 0 radical (unpaired) electrons. The zero-order valence-corrected chi connectivity index (χ0v) is 16.5. The lowest BCUT2D eigenvalue weighted by Crippen LogP contribution is -2.47. The van der Waals surface area contributed by atoms with Gasteiger partial charge in [0.05, 0.1) is 24.8 Å². The van der Waals surface area contributed by atoms with Gasteiger partial charge in [0.25, 0.3) is 5.91 Å². The number of halogens is 1. The summed E-state index contributed by atoms with van der Waals surface area (Å²) in [6, 6.07) is 10.6. The summed E-state index contributed by atoms with van der Waals surface area (Å²) in [6.07, 6.45) is 5.04. The second-order valence-electron chi connectivity index (χ2n) is 7.59. The SMILES string of the molecule is Cn1cncc1-c1ccc([C@@]2(Cn3cc4ccc(F)cc4c3O)NC(=O)NC2=O)cc1. The maximum atomic E-state index is 13.6. The van der Waals surface area contributed by atoms with Crippen LogP contribution in [-0.4, -0.2) is 31.2 Å². The molecule has 0 saturated carbocycles. The first-order valence-corrected chi connectivity index (χ1v) is 9.55. The molecule has 0 spiro atoms. The van der Waals surface area contributed by atoms with Crippen LogP contribution in [0.15, 0.2) is 61.2 Å². The third-order valence-corrected chi connectivity index (χ3v) is 5.66. The van der Waals surface area contributed by atoms with Crippen molar-refractivity contribution in [3.05, 3.63) is 72.6 Å². The third-order valence-electron chi connectivity index (χ3n) is 5.66. The molecule has 9 heteroatoms. The van der Waals surface area contributed by atoms with Crippen molar-refractivity contribution in [1.29, 1.82) is 0 Å². The first-order valence-electron chi connectivity index (χ1n) is 9.55. The van der Waals surface area contributed by atoms with E-state index in [2.05, 4.69) is 15.6 Å². The Bertz CT molecular complexity index is 1340. The van der Waals surface area contributed by atoms with Gasteiger partial charge in [0.15, 0.2) is 11.4 Å². The lowest BCUT2D eigenvalue weighted by atomic mass is 9.89. The lowest BCUT2D eigenvalue weighted by Gasteiger charge is -2.27. The molecule has 1 atom stereocenters. The van der Waals surface area contributed by atoms with Gasteiger partial charge in [-0.2, -0.15) is 0 Å². The maximum Gasteiger partial charge on any atom is 0.322 e. The van der Waals surface area contributed by atoms with Crippen molar-refractivity contribution in [3.63, 3.8) is 0 Å². The monoisotopic (exact) mass is 419 g/mol. The molecule has 156 valence electrons. The van der Waals surface area contributed by atoms with Gasteiger partial charge in [0.1, 0.15) is 5.82 Å². The number of rotatable bonds is 4. The molecule has 3 amide bonds. The summed E-state index contributed by atoms with van der Waals surface area (Å²) in [4.78, 5) is 29.1. The Morgan fingerprint density at radius 3 is 2.58 bits per heavy atom. The smallest absolute Gasteiger partial charge is 0.322 e. The molecule has 2 aromatic carbocycles. The quantitative estimate of drug-likeness (QED) is 0.443. The van der Waals surface area contributed by atoms with Gasteiger partial charge in [-0.1, -0.05) is 24.3 Å². The van der Waals surface area contributed by atoms with Crippen molar-refractivity contribution >= 4 is 22.7 Å². The number of hydrogen-bond donors (Lipinski definition) is 3. The van der Waals surface area contributed by atoms with Crippen LogP contribution in [-0.2, 0) is 23.9 Å². The van der Waals surface area contributed by atoms with Crippen molar-refractivity contribution < 1.29 is 19.1 Å². The van der Waals surface area contributed by atoms with Crippen LogP contribution in [0.25, 0.3) is 22.0 Å². The van der Waals surface area contributed by atoms with Crippen LogP contribution >= 0.6 is 0 Å². The van der Waals surface area contributed by atoms with E-state index in [1.165, 1.54) is 16.7 Å². The number of aromatic hydroxyl groups is 1. The maximum absolute atomic E-state index is 13.6. The number of benzene rings is 2. The summed E-state index contributed by atoms with van der Waals surface area (Å²) in [5.74, 6) is -1.20. The summed E-state index contributed by atoms with van der Waals surface area (Å²) < 4.78 is 16.9. The van der Waals surface area contributed by atoms with E-state index < -0.39 is 23.3 Å². The molecule has 1 aliphatic rings. The highest BCUT2D eigenvalue weighted by molar-refractivity contribution is 6.07. The number of imide groups is 1. The summed E-state index contributed by atoms with van der Waals surface area (Å²) in [5.41, 5.74) is 0.906. The number of nitrogens with one attached hydrogen (secondary N) is 2. The van der Waals surface area contributed by atoms with Crippen LogP contribution in [0, 0.1) is 5.82 Å². The molecule has 2 aromatic heterocycles. The first kappa shape index (κ1) is 18.9. The zero-order chi connectivity index (χ0) is 21.8. The van der Waals surface area contributed by atoms with Crippen molar-refractivity contribution in [2.24, 2.45) is 7.05 Å². The van der Waals surface area contributed by atoms with Gasteiger partial charge in [-0.3, -0.25) is 10.1 Å². The average Bonchev–Trinajstić information content (AvgIpc) is 3.39. The normalized spacial score (nSPS) is 18.4. The van der Waals surface area contributed by atoms with E-state index in [0.717, 1.165) is 11.3 Å². The highest BCUT2D eigenvalue weighted by Gasteiger charge is 2.48. The molecule has 8 nitrogen and oxygen atoms in total. The molecule has 31 heavy (non-hydrogen) atoms. The molecule has 1 saturated heterocycles. The van der Waals surface area contributed by atoms with E-state index in [1.807, 2.05) is 23.7 Å². The van der Waals surface area contributed by atoms with Crippen molar-refractivity contribution in [3.8, 4) is 17.1 Å². The number of imidazole rings is 1. The Morgan fingerprint density at radius 1 is 1.16 bits per heavy atom. The summed E-state index contributed by atoms with van der Waals surface area (Å²) >= 11 is 0. The average molecular weight is 419 g/mol. The number of aromatic nitrogens is 3. The summed E-state index contributed by atoms with van der Waals surface area (Å²) in [6.45, 7) is -0.0717. The fourth-order valence-corrected chi connectivity index (χ4v) is 4.05. The van der Waals surface area contributed by atoms with E-state index in [-0.39, 0.29) is 12.4 Å². The largest absolute Gasteiger partial charge is 0.494 e. The predicted molar refractivity (Wildman–Crippen MR) is 111 cm³/mol. The minimum atomic E-state index is -1.44. The fraction of sp³-hybridized carbons (Fsp3) is 0.136. The van der Waals surface area contributed by atoms with E-state index >= 15 is 0 Å². The molecule has 0 aliphatic carbocycles. The number of carbonyl (C=O) groups is 2. The Labute approximate surface area is 175 Å². The summed E-state index contributed by atoms with van der Waals surface area (Å²) in [5, 5.41) is 16.6. The molecule has 0 unspecified atom stereocenters. The van der Waals surface area contributed by atoms with E-state index in [0.29, 0.717) is 16.3 Å². The highest BCUT2D eigenvalue weighted by Crippen LogP contribution is 2.34. The molecular weight excluding hydrogens is 401 g/mol. The minimum Gasteiger partial charge on any atom is -0.494 e. The number of amides is 3. The number of urea groups is 1. The molecule has 3 N–H and O–H groups in total. The van der Waals surface area contributed by atoms with Crippen LogP contribution in [0.1, 0.15) is 5.56 Å². The number of nitrogens with zero attached hydrogens (tertiary/aromatic N) is 3. The van der Waals surface area contributed by atoms with Gasteiger partial charge >= 0.3 is 6.03 Å². The van der Waals surface area contributed by atoms with Gasteiger partial charge in [-0.15, -0.1) is 0 Å². The summed E-state index contributed by atoms with van der Waals surface area (Å²) in [7, 11) is 1.88. The minimum absolute atomic E-state index is 0.0717. The van der Waals surface area contributed by atoms with Gasteiger partial charge in [0, 0.05) is 24.0 Å². The Kier molecular flexibility index (Phi) is 4.07. The van der Waals surface area contributed by atoms with Crippen LogP contribution in [0.5, 0.6) is 5.88 Å². The standard InChI is InChI=1S/C22H18FN5O3/c1-27-12-24-9-18(27)13-2-5-15(6-3-13)22(20(30)25-21(31)26-22)11-28-10-14-4-7-16(23)8-17(14)19(28)29/h2-10,12,29H,11H2,1H3,(H2,25,26,30,31)/t22-/m1/s1. The Morgan fingerprint density at radius 2 is 1.94 bits per heavy atom. The second-order valence-corrected chi connectivity index (χ2v) is 7.59. The van der Waals surface area contributed by atoms with Crippen LogP contribution in [0.3, 0.4) is 0 Å². The molecule has 1 fully saturated rings. The number of hydrogen-bond acceptors (Lipinski definition) is 4. The van der Waals surface area contributed by atoms with Gasteiger partial charge in [-0.05, 0) is 29.3 Å². The Hall–Kier alpha value is -4.14. The van der Waals surface area contributed by atoms with Crippen LogP contribution < -0.4 is 10.6 Å². The second kappa shape index (κ2) is 6.69. The molecular formula is C22H18FN5O3. The first-order chi connectivity index (χ1) is 14.9. The van der Waals surface area contributed by atoms with Gasteiger partial charge in [-0.25, -0.2) is 14.2 Å². The molecule has 0 bridgehead atoms. The third kappa shape index (κ3) is 2.93. The highest BCUT2D eigenvalue weighted by atomic mass is 19.1. The van der Waals surface area contributed by atoms with E-state index in [9.17, 15) is 19.1 Å². The van der Waals surface area contributed by atoms with E-state index in [4.69, 9.17) is 0 Å². The van der Waals surface area contributed by atoms with Gasteiger partial charge < -0.3 is 19.6 Å². The number of fused-ring (bicyclic) bond motifs is 1. The molecule has 4 aromatic rings. The topological polar surface area (TPSA) is 101 Å². The van der Waals surface area contributed by atoms with Crippen molar-refractivity contribution in [2.75, 3.05) is 0 Å². The van der Waals surface area contributed by atoms with Crippen molar-refractivity contribution in [2.45, 2.75) is 12.1 Å². The molecule has 1 aliphatic heterocycles. The number of aryl methyl sites for hydroxylation is 1. The Balaban J connectivity index is 1.58. The molecule has 3 heterocycles. The van der Waals surface area contributed by atoms with E-state index in [1.54, 1.807) is 36.9 Å². The zero-order valence-electron chi connectivity index (χ0n) is 16.5.